The SMILES string of the molecule is O=C(CNc1ncnc(Cl)c1[N+](=O)[O-])NC1CC1. The van der Waals surface area contributed by atoms with Crippen LogP contribution in [0.25, 0.3) is 0 Å². The predicted octanol–water partition coefficient (Wildman–Crippen LogP) is 0.729. The first kappa shape index (κ1) is 12.5. The van der Waals surface area contributed by atoms with Crippen molar-refractivity contribution in [1.82, 2.24) is 15.3 Å². The minimum atomic E-state index is -0.691. The van der Waals surface area contributed by atoms with Gasteiger partial charge in [-0.15, -0.1) is 0 Å². The number of nitrogens with one attached hydrogen (secondary N) is 2. The van der Waals surface area contributed by atoms with Crippen molar-refractivity contribution in [2.45, 2.75) is 18.9 Å². The van der Waals surface area contributed by atoms with Crippen LogP contribution >= 0.6 is 11.6 Å². The van der Waals surface area contributed by atoms with Gasteiger partial charge in [-0.1, -0.05) is 11.6 Å². The molecular formula is C9H10ClN5O3. The number of anilines is 1. The topological polar surface area (TPSA) is 110 Å². The Morgan fingerprint density at radius 1 is 1.56 bits per heavy atom. The van der Waals surface area contributed by atoms with E-state index in [4.69, 9.17) is 11.6 Å². The van der Waals surface area contributed by atoms with Gasteiger partial charge >= 0.3 is 5.69 Å². The Hall–Kier alpha value is -1.96. The lowest BCUT2D eigenvalue weighted by Crippen LogP contribution is -2.31. The van der Waals surface area contributed by atoms with Gasteiger partial charge in [0.1, 0.15) is 6.33 Å². The third kappa shape index (κ3) is 3.04. The summed E-state index contributed by atoms with van der Waals surface area (Å²) >= 11 is 5.60. The number of hydrogen-bond acceptors (Lipinski definition) is 6. The number of rotatable bonds is 5. The van der Waals surface area contributed by atoms with Crippen LogP contribution in [0.4, 0.5) is 11.5 Å². The van der Waals surface area contributed by atoms with Crippen molar-refractivity contribution in [1.29, 1.82) is 0 Å². The number of halogens is 1. The van der Waals surface area contributed by atoms with Crippen LogP contribution in [0, 0.1) is 10.1 Å². The molecular weight excluding hydrogens is 262 g/mol. The Labute approximate surface area is 107 Å². The van der Waals surface area contributed by atoms with E-state index in [1.165, 1.54) is 0 Å². The average molecular weight is 272 g/mol. The molecule has 1 aromatic heterocycles. The summed E-state index contributed by atoms with van der Waals surface area (Å²) in [6.07, 6.45) is 3.05. The number of amides is 1. The average Bonchev–Trinajstić information content (AvgIpc) is 3.09. The summed E-state index contributed by atoms with van der Waals surface area (Å²) in [5, 5.41) is 15.8. The van der Waals surface area contributed by atoms with Crippen molar-refractivity contribution in [3.05, 3.63) is 21.6 Å². The highest BCUT2D eigenvalue weighted by molar-refractivity contribution is 6.31. The lowest BCUT2D eigenvalue weighted by Gasteiger charge is -2.06. The van der Waals surface area contributed by atoms with Gasteiger partial charge in [0, 0.05) is 6.04 Å². The molecule has 1 fully saturated rings. The fraction of sp³-hybridized carbons (Fsp3) is 0.444. The molecule has 0 spiro atoms. The first-order valence-corrected chi connectivity index (χ1v) is 5.64. The zero-order valence-corrected chi connectivity index (χ0v) is 9.98. The second-order valence-electron chi connectivity index (χ2n) is 3.81. The van der Waals surface area contributed by atoms with Gasteiger partial charge in [-0.25, -0.2) is 9.97 Å². The molecule has 1 amide bonds. The van der Waals surface area contributed by atoms with Crippen LogP contribution in [0.3, 0.4) is 0 Å². The molecule has 0 bridgehead atoms. The van der Waals surface area contributed by atoms with Gasteiger partial charge in [0.15, 0.2) is 0 Å². The van der Waals surface area contributed by atoms with Gasteiger partial charge in [-0.05, 0) is 12.8 Å². The molecule has 2 rings (SSSR count). The van der Waals surface area contributed by atoms with Crippen molar-refractivity contribution < 1.29 is 9.72 Å². The molecule has 9 heteroatoms. The molecule has 0 aromatic carbocycles. The fourth-order valence-electron chi connectivity index (χ4n) is 1.32. The highest BCUT2D eigenvalue weighted by atomic mass is 35.5. The molecule has 0 unspecified atom stereocenters. The van der Waals surface area contributed by atoms with Crippen LogP contribution < -0.4 is 10.6 Å². The molecule has 0 saturated heterocycles. The molecule has 1 heterocycles. The van der Waals surface area contributed by atoms with E-state index in [-0.39, 0.29) is 29.5 Å². The summed E-state index contributed by atoms with van der Waals surface area (Å²) in [6.45, 7) is -0.0926. The number of carbonyl (C=O) groups excluding carboxylic acids is 1. The van der Waals surface area contributed by atoms with Gasteiger partial charge < -0.3 is 10.6 Å². The Bertz CT molecular complexity index is 491. The summed E-state index contributed by atoms with van der Waals surface area (Å²) in [5.41, 5.74) is -0.432. The number of aromatic nitrogens is 2. The lowest BCUT2D eigenvalue weighted by molar-refractivity contribution is -0.384. The Morgan fingerprint density at radius 3 is 2.89 bits per heavy atom. The number of carbonyl (C=O) groups is 1. The molecule has 0 aliphatic heterocycles. The quantitative estimate of drug-likeness (QED) is 0.464. The summed E-state index contributed by atoms with van der Waals surface area (Å²) < 4.78 is 0. The second-order valence-corrected chi connectivity index (χ2v) is 4.17. The Kier molecular flexibility index (Phi) is 3.56. The highest BCUT2D eigenvalue weighted by Crippen LogP contribution is 2.28. The van der Waals surface area contributed by atoms with Crippen LogP contribution in [-0.4, -0.2) is 33.4 Å². The third-order valence-electron chi connectivity index (χ3n) is 2.32. The van der Waals surface area contributed by atoms with Crippen molar-refractivity contribution in [2.75, 3.05) is 11.9 Å². The first-order chi connectivity index (χ1) is 8.58. The Balaban J connectivity index is 2.01. The first-order valence-electron chi connectivity index (χ1n) is 5.26. The van der Waals surface area contributed by atoms with E-state index in [9.17, 15) is 14.9 Å². The smallest absolute Gasteiger partial charge is 0.348 e. The van der Waals surface area contributed by atoms with E-state index in [1.54, 1.807) is 0 Å². The minimum Gasteiger partial charge on any atom is -0.355 e. The Morgan fingerprint density at radius 2 is 2.28 bits per heavy atom. The van der Waals surface area contributed by atoms with E-state index < -0.39 is 10.6 Å². The van der Waals surface area contributed by atoms with Gasteiger partial charge in [-0.2, -0.15) is 0 Å². The monoisotopic (exact) mass is 271 g/mol. The molecule has 2 N–H and O–H groups in total. The maximum atomic E-state index is 11.4. The van der Waals surface area contributed by atoms with Gasteiger partial charge in [0.05, 0.1) is 11.5 Å². The number of nitro groups is 1. The van der Waals surface area contributed by atoms with E-state index in [2.05, 4.69) is 20.6 Å². The van der Waals surface area contributed by atoms with Crippen LogP contribution in [0.1, 0.15) is 12.8 Å². The minimum absolute atomic E-state index is 0.0639. The lowest BCUT2D eigenvalue weighted by atomic mass is 10.4. The standard InChI is InChI=1S/C9H10ClN5O3/c10-8-7(15(17)18)9(13-4-12-8)11-3-6(16)14-5-1-2-5/h4-5H,1-3H2,(H,14,16)(H,11,12,13). The number of hydrogen-bond donors (Lipinski definition) is 2. The molecule has 1 aliphatic rings. The van der Waals surface area contributed by atoms with E-state index in [1.807, 2.05) is 0 Å². The molecule has 18 heavy (non-hydrogen) atoms. The van der Waals surface area contributed by atoms with Crippen molar-refractivity contribution >= 4 is 29.0 Å². The summed E-state index contributed by atoms with van der Waals surface area (Å²) in [5.74, 6) is -0.299. The summed E-state index contributed by atoms with van der Waals surface area (Å²) in [7, 11) is 0. The highest BCUT2D eigenvalue weighted by Gasteiger charge is 2.24. The third-order valence-corrected chi connectivity index (χ3v) is 2.60. The van der Waals surface area contributed by atoms with E-state index >= 15 is 0 Å². The number of nitrogens with zero attached hydrogens (tertiary/aromatic N) is 3. The van der Waals surface area contributed by atoms with Crippen molar-refractivity contribution in [2.24, 2.45) is 0 Å². The molecule has 0 radical (unpaired) electrons. The van der Waals surface area contributed by atoms with E-state index in [0.29, 0.717) is 0 Å². The molecule has 96 valence electrons. The largest absolute Gasteiger partial charge is 0.355 e. The zero-order valence-electron chi connectivity index (χ0n) is 9.22. The molecule has 0 atom stereocenters. The van der Waals surface area contributed by atoms with Crippen LogP contribution in [0.5, 0.6) is 0 Å². The maximum Gasteiger partial charge on any atom is 0.348 e. The predicted molar refractivity (Wildman–Crippen MR) is 63.4 cm³/mol. The summed E-state index contributed by atoms with van der Waals surface area (Å²) in [4.78, 5) is 28.7. The van der Waals surface area contributed by atoms with Crippen molar-refractivity contribution in [3.8, 4) is 0 Å². The molecule has 1 saturated carbocycles. The van der Waals surface area contributed by atoms with Crippen LogP contribution in [-0.2, 0) is 4.79 Å². The maximum absolute atomic E-state index is 11.4. The molecule has 1 aromatic rings. The van der Waals surface area contributed by atoms with Gasteiger partial charge in [0.2, 0.25) is 16.9 Å². The van der Waals surface area contributed by atoms with Gasteiger partial charge in [0.25, 0.3) is 0 Å². The molecule has 8 nitrogen and oxygen atoms in total. The van der Waals surface area contributed by atoms with Crippen LogP contribution in [0.15, 0.2) is 6.33 Å². The van der Waals surface area contributed by atoms with Gasteiger partial charge in [-0.3, -0.25) is 14.9 Å². The summed E-state index contributed by atoms with van der Waals surface area (Å²) in [6, 6.07) is 0.239. The van der Waals surface area contributed by atoms with Crippen LogP contribution in [0.2, 0.25) is 5.15 Å². The second kappa shape index (κ2) is 5.13. The van der Waals surface area contributed by atoms with Crippen molar-refractivity contribution in [3.63, 3.8) is 0 Å². The van der Waals surface area contributed by atoms with E-state index in [0.717, 1.165) is 19.2 Å². The zero-order chi connectivity index (χ0) is 13.1. The normalized spacial score (nSPS) is 14.1. The fourth-order valence-corrected chi connectivity index (χ4v) is 1.52. The molecule has 1 aliphatic carbocycles.